The maximum absolute atomic E-state index is 4.25. The molecule has 18 heavy (non-hydrogen) atoms. The Morgan fingerprint density at radius 2 is 1.94 bits per heavy atom. The molecule has 0 saturated carbocycles. The maximum Gasteiger partial charge on any atom is 0.0410 e. The van der Waals surface area contributed by atoms with Gasteiger partial charge >= 0.3 is 0 Å². The van der Waals surface area contributed by atoms with E-state index < -0.39 is 0 Å². The molecule has 1 rings (SSSR count). The number of hydrogen-bond acceptors (Lipinski definition) is 2. The molecule has 0 amide bonds. The topological polar surface area (TPSA) is 24.9 Å². The number of hydrogen-bond donors (Lipinski definition) is 1. The van der Waals surface area contributed by atoms with Crippen molar-refractivity contribution >= 4 is 15.9 Å². The van der Waals surface area contributed by atoms with E-state index in [1.54, 1.807) is 0 Å². The summed E-state index contributed by atoms with van der Waals surface area (Å²) in [5.41, 5.74) is 1.31. The minimum Gasteiger partial charge on any atom is -0.313 e. The molecule has 0 aliphatic carbocycles. The van der Waals surface area contributed by atoms with Crippen LogP contribution < -0.4 is 5.32 Å². The Bertz CT molecular complexity index is 337. The Morgan fingerprint density at radius 3 is 2.50 bits per heavy atom. The van der Waals surface area contributed by atoms with Gasteiger partial charge in [-0.2, -0.15) is 0 Å². The first kappa shape index (κ1) is 15.6. The molecular formula is C15H25BrN2. The van der Waals surface area contributed by atoms with Crippen LogP contribution in [0.4, 0.5) is 0 Å². The molecule has 0 saturated heterocycles. The zero-order valence-corrected chi connectivity index (χ0v) is 13.3. The number of rotatable bonds is 8. The van der Waals surface area contributed by atoms with E-state index in [4.69, 9.17) is 0 Å². The lowest BCUT2D eigenvalue weighted by Crippen LogP contribution is -2.38. The van der Waals surface area contributed by atoms with E-state index in [1.807, 2.05) is 12.4 Å². The summed E-state index contributed by atoms with van der Waals surface area (Å²) in [6.07, 6.45) is 8.55. The minimum absolute atomic E-state index is 0.566. The minimum atomic E-state index is 0.566. The number of nitrogens with zero attached hydrogens (tertiary/aromatic N) is 1. The van der Waals surface area contributed by atoms with Crippen molar-refractivity contribution in [2.75, 3.05) is 6.54 Å². The molecule has 0 aromatic carbocycles. The normalized spacial score (nSPS) is 12.9. The summed E-state index contributed by atoms with van der Waals surface area (Å²) >= 11 is 3.49. The van der Waals surface area contributed by atoms with Crippen molar-refractivity contribution in [1.82, 2.24) is 10.3 Å². The number of aromatic nitrogens is 1. The molecule has 0 fully saturated rings. The third-order valence-corrected chi connectivity index (χ3v) is 3.93. The summed E-state index contributed by atoms with van der Waals surface area (Å²) in [7, 11) is 0. The summed E-state index contributed by atoms with van der Waals surface area (Å²) in [5.74, 6) is 0.746. The van der Waals surface area contributed by atoms with Gasteiger partial charge in [0.05, 0.1) is 0 Å². The fourth-order valence-electron chi connectivity index (χ4n) is 2.41. The molecule has 1 heterocycles. The quantitative estimate of drug-likeness (QED) is 0.778. The summed E-state index contributed by atoms with van der Waals surface area (Å²) in [6, 6.07) is 2.74. The second-order valence-electron chi connectivity index (χ2n) is 4.85. The van der Waals surface area contributed by atoms with Crippen molar-refractivity contribution in [3.8, 4) is 0 Å². The lowest BCUT2D eigenvalue weighted by molar-refractivity contribution is 0.332. The molecule has 2 nitrogen and oxygen atoms in total. The van der Waals surface area contributed by atoms with Crippen molar-refractivity contribution in [1.29, 1.82) is 0 Å². The van der Waals surface area contributed by atoms with Gasteiger partial charge in [0, 0.05) is 22.9 Å². The van der Waals surface area contributed by atoms with Gasteiger partial charge in [-0.15, -0.1) is 0 Å². The summed E-state index contributed by atoms with van der Waals surface area (Å²) < 4.78 is 1.07. The van der Waals surface area contributed by atoms with E-state index in [0.29, 0.717) is 6.04 Å². The second kappa shape index (κ2) is 8.65. The highest BCUT2D eigenvalue weighted by molar-refractivity contribution is 9.10. The van der Waals surface area contributed by atoms with E-state index in [2.05, 4.69) is 53.1 Å². The third kappa shape index (κ3) is 5.07. The Balaban J connectivity index is 2.70. The molecule has 1 unspecified atom stereocenters. The van der Waals surface area contributed by atoms with Gasteiger partial charge in [0.15, 0.2) is 0 Å². The number of halogens is 1. The van der Waals surface area contributed by atoms with Crippen LogP contribution in [0.2, 0.25) is 0 Å². The largest absolute Gasteiger partial charge is 0.313 e. The van der Waals surface area contributed by atoms with Crippen LogP contribution in [0.1, 0.15) is 45.6 Å². The number of pyridine rings is 1. The number of nitrogens with one attached hydrogen (secondary N) is 1. The van der Waals surface area contributed by atoms with Gasteiger partial charge in [-0.3, -0.25) is 4.98 Å². The standard InChI is InChI=1S/C15H25BrN2/c1-4-7-18-15(13(5-2)6-3)9-12-8-14(16)11-17-10-12/h8,10-11,13,15,18H,4-7,9H2,1-3H3. The molecule has 1 aromatic rings. The Labute approximate surface area is 120 Å². The van der Waals surface area contributed by atoms with Crippen LogP contribution in [0.15, 0.2) is 22.9 Å². The summed E-state index contributed by atoms with van der Waals surface area (Å²) in [4.78, 5) is 4.25. The zero-order chi connectivity index (χ0) is 13.4. The highest BCUT2D eigenvalue weighted by Crippen LogP contribution is 2.19. The van der Waals surface area contributed by atoms with Gasteiger partial charge in [0.1, 0.15) is 0 Å². The van der Waals surface area contributed by atoms with Crippen LogP contribution >= 0.6 is 15.9 Å². The SMILES string of the molecule is CCCNC(Cc1cncc(Br)c1)C(CC)CC. The average molecular weight is 313 g/mol. The van der Waals surface area contributed by atoms with Crippen LogP contribution in [0.5, 0.6) is 0 Å². The molecule has 0 aliphatic rings. The van der Waals surface area contributed by atoms with Crippen LogP contribution in [0, 0.1) is 5.92 Å². The van der Waals surface area contributed by atoms with Gasteiger partial charge in [-0.05, 0) is 52.9 Å². The van der Waals surface area contributed by atoms with Crippen molar-refractivity contribution in [3.63, 3.8) is 0 Å². The van der Waals surface area contributed by atoms with Crippen LogP contribution in [0.3, 0.4) is 0 Å². The van der Waals surface area contributed by atoms with E-state index in [-0.39, 0.29) is 0 Å². The van der Waals surface area contributed by atoms with Gasteiger partial charge in [0.25, 0.3) is 0 Å². The molecule has 1 atom stereocenters. The molecular weight excluding hydrogens is 288 g/mol. The lowest BCUT2D eigenvalue weighted by atomic mass is 9.89. The first-order valence-electron chi connectivity index (χ1n) is 7.04. The Morgan fingerprint density at radius 1 is 1.22 bits per heavy atom. The van der Waals surface area contributed by atoms with E-state index >= 15 is 0 Å². The van der Waals surface area contributed by atoms with Gasteiger partial charge in [0.2, 0.25) is 0 Å². The van der Waals surface area contributed by atoms with Crippen molar-refractivity contribution in [3.05, 3.63) is 28.5 Å². The third-order valence-electron chi connectivity index (χ3n) is 3.49. The Hall–Kier alpha value is -0.410. The fraction of sp³-hybridized carbons (Fsp3) is 0.667. The molecule has 1 N–H and O–H groups in total. The fourth-order valence-corrected chi connectivity index (χ4v) is 2.83. The average Bonchev–Trinajstić information content (AvgIpc) is 2.37. The monoisotopic (exact) mass is 312 g/mol. The molecule has 1 aromatic heterocycles. The van der Waals surface area contributed by atoms with E-state index in [0.717, 1.165) is 23.4 Å². The predicted octanol–water partition coefficient (Wildman–Crippen LogP) is 4.19. The van der Waals surface area contributed by atoms with Crippen molar-refractivity contribution in [2.45, 2.75) is 52.5 Å². The van der Waals surface area contributed by atoms with Gasteiger partial charge in [-0.1, -0.05) is 33.6 Å². The smallest absolute Gasteiger partial charge is 0.0410 e. The first-order valence-corrected chi connectivity index (χ1v) is 7.83. The van der Waals surface area contributed by atoms with Crippen LogP contribution in [-0.4, -0.2) is 17.6 Å². The molecule has 0 spiro atoms. The lowest BCUT2D eigenvalue weighted by Gasteiger charge is -2.26. The van der Waals surface area contributed by atoms with Gasteiger partial charge < -0.3 is 5.32 Å². The first-order chi connectivity index (χ1) is 8.71. The highest BCUT2D eigenvalue weighted by Gasteiger charge is 2.18. The van der Waals surface area contributed by atoms with Crippen LogP contribution in [0.25, 0.3) is 0 Å². The molecule has 0 bridgehead atoms. The summed E-state index contributed by atoms with van der Waals surface area (Å²) in [5, 5.41) is 3.70. The highest BCUT2D eigenvalue weighted by atomic mass is 79.9. The van der Waals surface area contributed by atoms with E-state index in [1.165, 1.54) is 24.8 Å². The molecule has 3 heteroatoms. The Kier molecular flexibility index (Phi) is 7.52. The second-order valence-corrected chi connectivity index (χ2v) is 5.77. The van der Waals surface area contributed by atoms with Crippen molar-refractivity contribution < 1.29 is 0 Å². The van der Waals surface area contributed by atoms with E-state index in [9.17, 15) is 0 Å². The molecule has 0 radical (unpaired) electrons. The van der Waals surface area contributed by atoms with Crippen molar-refractivity contribution in [2.24, 2.45) is 5.92 Å². The summed E-state index contributed by atoms with van der Waals surface area (Å²) in [6.45, 7) is 7.89. The maximum atomic E-state index is 4.25. The zero-order valence-electron chi connectivity index (χ0n) is 11.7. The van der Waals surface area contributed by atoms with Crippen LogP contribution in [-0.2, 0) is 6.42 Å². The predicted molar refractivity (Wildman–Crippen MR) is 81.8 cm³/mol. The molecule has 0 aliphatic heterocycles. The molecule has 102 valence electrons. The van der Waals surface area contributed by atoms with Gasteiger partial charge in [-0.25, -0.2) is 0 Å².